The van der Waals surface area contributed by atoms with Crippen molar-refractivity contribution in [3.05, 3.63) is 0 Å². The van der Waals surface area contributed by atoms with Gasteiger partial charge in [-0.05, 0) is 0 Å². The maximum absolute atomic E-state index is 5.58. The molecule has 0 aromatic heterocycles. The lowest BCUT2D eigenvalue weighted by Gasteiger charge is -2.25. The standard InChI is InChI=1S/C9H18O6Si/c1-4-5-16(10-2,11-3)14-7-12-8-9(15-8)6-13-9/h8H,4-7H2,1-3H3. The molecule has 2 rings (SSSR count). The highest BCUT2D eigenvalue weighted by Gasteiger charge is 2.70. The van der Waals surface area contributed by atoms with Crippen LogP contribution in [-0.4, -0.2) is 48.5 Å². The average molecular weight is 250 g/mol. The van der Waals surface area contributed by atoms with Gasteiger partial charge in [0.25, 0.3) is 0 Å². The van der Waals surface area contributed by atoms with Gasteiger partial charge in [-0.3, -0.25) is 0 Å². The molecular weight excluding hydrogens is 232 g/mol. The Balaban J connectivity index is 1.68. The first-order valence-corrected chi connectivity index (χ1v) is 7.31. The van der Waals surface area contributed by atoms with Crippen molar-refractivity contribution < 1.29 is 27.5 Å². The Morgan fingerprint density at radius 3 is 2.50 bits per heavy atom. The SMILES string of the molecule is CCC[Si](OC)(OC)OCOC1OC12CO2. The second kappa shape index (κ2) is 4.69. The van der Waals surface area contributed by atoms with E-state index in [9.17, 15) is 0 Å². The molecule has 0 N–H and O–H groups in total. The van der Waals surface area contributed by atoms with Crippen LogP contribution in [0.3, 0.4) is 0 Å². The van der Waals surface area contributed by atoms with E-state index in [2.05, 4.69) is 6.92 Å². The molecule has 6 nitrogen and oxygen atoms in total. The van der Waals surface area contributed by atoms with Crippen LogP contribution >= 0.6 is 0 Å². The molecule has 2 aliphatic rings. The van der Waals surface area contributed by atoms with E-state index >= 15 is 0 Å². The van der Waals surface area contributed by atoms with Gasteiger partial charge in [0.1, 0.15) is 13.4 Å². The molecule has 0 amide bonds. The molecule has 2 atom stereocenters. The summed E-state index contributed by atoms with van der Waals surface area (Å²) in [5.74, 6) is -0.432. The van der Waals surface area contributed by atoms with Crippen LogP contribution in [0.15, 0.2) is 0 Å². The zero-order chi connectivity index (χ0) is 11.6. The van der Waals surface area contributed by atoms with Crippen molar-refractivity contribution in [2.45, 2.75) is 31.5 Å². The molecule has 2 aliphatic heterocycles. The van der Waals surface area contributed by atoms with Crippen LogP contribution in [0.4, 0.5) is 0 Å². The Morgan fingerprint density at radius 2 is 2.06 bits per heavy atom. The summed E-state index contributed by atoms with van der Waals surface area (Å²) in [5, 5.41) is 0. The van der Waals surface area contributed by atoms with E-state index in [4.69, 9.17) is 27.5 Å². The summed E-state index contributed by atoms with van der Waals surface area (Å²) >= 11 is 0. The largest absolute Gasteiger partial charge is 0.502 e. The minimum absolute atomic E-state index is 0.115. The average Bonchev–Trinajstić information content (AvgIpc) is 3.20. The maximum Gasteiger partial charge on any atom is 0.502 e. The van der Waals surface area contributed by atoms with Crippen molar-refractivity contribution >= 4 is 8.80 Å². The predicted octanol–water partition coefficient (Wildman–Crippen LogP) is 0.702. The Bertz CT molecular complexity index is 240. The highest BCUT2D eigenvalue weighted by atomic mass is 28.4. The second-order valence-electron chi connectivity index (χ2n) is 3.82. The van der Waals surface area contributed by atoms with Gasteiger partial charge in [0.15, 0.2) is 0 Å². The van der Waals surface area contributed by atoms with Crippen LogP contribution in [0, 0.1) is 0 Å². The van der Waals surface area contributed by atoms with E-state index in [0.717, 1.165) is 12.5 Å². The van der Waals surface area contributed by atoms with Crippen molar-refractivity contribution in [2.75, 3.05) is 27.6 Å². The van der Waals surface area contributed by atoms with E-state index in [-0.39, 0.29) is 13.1 Å². The van der Waals surface area contributed by atoms with E-state index in [1.165, 1.54) is 0 Å². The topological polar surface area (TPSA) is 62.0 Å². The van der Waals surface area contributed by atoms with Crippen LogP contribution in [0.5, 0.6) is 0 Å². The van der Waals surface area contributed by atoms with Gasteiger partial charge in [-0.15, -0.1) is 0 Å². The first-order chi connectivity index (χ1) is 7.70. The first kappa shape index (κ1) is 12.4. The van der Waals surface area contributed by atoms with E-state index in [0.29, 0.717) is 6.61 Å². The van der Waals surface area contributed by atoms with Crippen molar-refractivity contribution in [3.63, 3.8) is 0 Å². The number of epoxide rings is 2. The highest BCUT2D eigenvalue weighted by Crippen LogP contribution is 2.49. The molecule has 2 heterocycles. The minimum atomic E-state index is -2.53. The van der Waals surface area contributed by atoms with E-state index in [1.54, 1.807) is 14.2 Å². The normalized spacial score (nSPS) is 32.1. The quantitative estimate of drug-likeness (QED) is 0.359. The third-order valence-electron chi connectivity index (χ3n) is 2.71. The fourth-order valence-corrected chi connectivity index (χ4v) is 3.37. The lowest BCUT2D eigenvalue weighted by molar-refractivity contribution is -0.0674. The number of rotatable bonds is 8. The van der Waals surface area contributed by atoms with Crippen molar-refractivity contribution in [1.29, 1.82) is 0 Å². The van der Waals surface area contributed by atoms with Gasteiger partial charge in [-0.25, -0.2) is 0 Å². The molecule has 0 aromatic carbocycles. The highest BCUT2D eigenvalue weighted by molar-refractivity contribution is 6.60. The third-order valence-corrected chi connectivity index (χ3v) is 5.63. The van der Waals surface area contributed by atoms with Crippen molar-refractivity contribution in [3.8, 4) is 0 Å². The lowest BCUT2D eigenvalue weighted by Crippen LogP contribution is -2.44. The van der Waals surface area contributed by atoms with Gasteiger partial charge in [0.2, 0.25) is 12.1 Å². The van der Waals surface area contributed by atoms with Crippen LogP contribution in [0.1, 0.15) is 13.3 Å². The van der Waals surface area contributed by atoms with Crippen LogP contribution in [0.2, 0.25) is 6.04 Å². The number of hydrogen-bond donors (Lipinski definition) is 0. The molecule has 0 bridgehead atoms. The zero-order valence-corrected chi connectivity index (χ0v) is 10.9. The Kier molecular flexibility index (Phi) is 3.64. The Morgan fingerprint density at radius 1 is 1.38 bits per heavy atom. The monoisotopic (exact) mass is 250 g/mol. The van der Waals surface area contributed by atoms with Gasteiger partial charge in [0.05, 0.1) is 0 Å². The molecule has 2 unspecified atom stereocenters. The van der Waals surface area contributed by atoms with Crippen molar-refractivity contribution in [1.82, 2.24) is 0 Å². The Labute approximate surface area is 96.1 Å². The lowest BCUT2D eigenvalue weighted by atomic mass is 10.5. The summed E-state index contributed by atoms with van der Waals surface area (Å²) in [4.78, 5) is 0. The molecule has 1 spiro atoms. The maximum atomic E-state index is 5.58. The van der Waals surface area contributed by atoms with Crippen LogP contribution in [-0.2, 0) is 27.5 Å². The summed E-state index contributed by atoms with van der Waals surface area (Å²) < 4.78 is 31.8. The smallest absolute Gasteiger partial charge is 0.377 e. The van der Waals surface area contributed by atoms with Gasteiger partial charge in [-0.2, -0.15) is 0 Å². The Hall–Kier alpha value is -0.0231. The molecule has 7 heteroatoms. The fraction of sp³-hybridized carbons (Fsp3) is 1.00. The molecule has 0 aliphatic carbocycles. The van der Waals surface area contributed by atoms with E-state index < -0.39 is 14.6 Å². The zero-order valence-electron chi connectivity index (χ0n) is 9.86. The molecule has 16 heavy (non-hydrogen) atoms. The molecule has 0 aromatic rings. The first-order valence-electron chi connectivity index (χ1n) is 5.38. The van der Waals surface area contributed by atoms with Gasteiger partial charge >= 0.3 is 8.80 Å². The minimum Gasteiger partial charge on any atom is -0.377 e. The fourth-order valence-electron chi connectivity index (χ4n) is 1.55. The third kappa shape index (κ3) is 2.45. The summed E-state index contributed by atoms with van der Waals surface area (Å²) in [6.45, 7) is 2.79. The van der Waals surface area contributed by atoms with Gasteiger partial charge in [-0.1, -0.05) is 13.3 Å². The van der Waals surface area contributed by atoms with Crippen LogP contribution < -0.4 is 0 Å². The predicted molar refractivity (Wildman–Crippen MR) is 55.5 cm³/mol. The van der Waals surface area contributed by atoms with Gasteiger partial charge in [0, 0.05) is 20.3 Å². The number of hydrogen-bond acceptors (Lipinski definition) is 6. The molecule has 94 valence electrons. The van der Waals surface area contributed by atoms with Crippen LogP contribution in [0.25, 0.3) is 0 Å². The molecule has 2 fully saturated rings. The molecule has 0 radical (unpaired) electrons. The summed E-state index contributed by atoms with van der Waals surface area (Å²) in [7, 11) is 0.674. The summed E-state index contributed by atoms with van der Waals surface area (Å²) in [6.07, 6.45) is 0.662. The summed E-state index contributed by atoms with van der Waals surface area (Å²) in [6, 6.07) is 0.774. The second-order valence-corrected chi connectivity index (χ2v) is 6.79. The number of ether oxygens (including phenoxy) is 3. The van der Waals surface area contributed by atoms with E-state index in [1.807, 2.05) is 0 Å². The molecule has 0 saturated carbocycles. The summed E-state index contributed by atoms with van der Waals surface area (Å²) in [5.41, 5.74) is 0. The molecular formula is C9H18O6Si. The molecule has 2 saturated heterocycles. The van der Waals surface area contributed by atoms with Gasteiger partial charge < -0.3 is 27.5 Å². The van der Waals surface area contributed by atoms with Crippen molar-refractivity contribution in [2.24, 2.45) is 0 Å².